The monoisotopic (exact) mass is 299 g/mol. The largest absolute Gasteiger partial charge is 0.357 e. The van der Waals surface area contributed by atoms with Crippen LogP contribution in [-0.4, -0.2) is 23.1 Å². The lowest BCUT2D eigenvalue weighted by Gasteiger charge is -2.23. The summed E-state index contributed by atoms with van der Waals surface area (Å²) < 4.78 is 0.892. The van der Waals surface area contributed by atoms with Crippen molar-refractivity contribution in [1.29, 1.82) is 0 Å². The summed E-state index contributed by atoms with van der Waals surface area (Å²) >= 11 is 3.48. The number of hydrogen-bond donors (Lipinski definition) is 0. The normalized spacial score (nSPS) is 10.6. The molecule has 0 saturated heterocycles. The summed E-state index contributed by atoms with van der Waals surface area (Å²) in [5.74, 6) is 1.99. The second kappa shape index (κ2) is 7.64. The van der Waals surface area contributed by atoms with Gasteiger partial charge in [-0.1, -0.05) is 20.8 Å². The molecule has 0 aliphatic heterocycles. The molecule has 0 aromatic carbocycles. The molecule has 0 amide bonds. The van der Waals surface area contributed by atoms with Gasteiger partial charge in [0.15, 0.2) is 0 Å². The van der Waals surface area contributed by atoms with Gasteiger partial charge in [-0.05, 0) is 35.2 Å². The van der Waals surface area contributed by atoms with Crippen LogP contribution in [0.3, 0.4) is 0 Å². The third kappa shape index (κ3) is 4.62. The summed E-state index contributed by atoms with van der Waals surface area (Å²) in [6.45, 7) is 8.67. The molecular formula is C13H22BrN3. The van der Waals surface area contributed by atoms with Crippen LogP contribution in [0.4, 0.5) is 5.82 Å². The summed E-state index contributed by atoms with van der Waals surface area (Å²) in [7, 11) is 0. The Labute approximate surface area is 113 Å². The summed E-state index contributed by atoms with van der Waals surface area (Å²) in [6, 6.07) is 2.02. The molecule has 3 nitrogen and oxygen atoms in total. The maximum absolute atomic E-state index is 4.65. The SMILES string of the molecule is CCCc1nc(Br)cc(N(CCC)CCC)n1. The zero-order valence-corrected chi connectivity index (χ0v) is 12.6. The first kappa shape index (κ1) is 14.4. The van der Waals surface area contributed by atoms with Gasteiger partial charge in [0.2, 0.25) is 0 Å². The molecule has 0 bridgehead atoms. The highest BCUT2D eigenvalue weighted by Crippen LogP contribution is 2.18. The molecule has 0 aliphatic rings. The Morgan fingerprint density at radius 2 is 1.71 bits per heavy atom. The van der Waals surface area contributed by atoms with E-state index in [1.807, 2.05) is 6.07 Å². The van der Waals surface area contributed by atoms with Crippen molar-refractivity contribution in [2.24, 2.45) is 0 Å². The molecule has 0 fully saturated rings. The Bertz CT molecular complexity index is 335. The highest BCUT2D eigenvalue weighted by atomic mass is 79.9. The van der Waals surface area contributed by atoms with Crippen molar-refractivity contribution in [3.8, 4) is 0 Å². The molecule has 0 radical (unpaired) electrons. The van der Waals surface area contributed by atoms with Crippen LogP contribution in [0, 0.1) is 0 Å². The minimum Gasteiger partial charge on any atom is -0.357 e. The molecule has 1 heterocycles. The number of aryl methyl sites for hydroxylation is 1. The fourth-order valence-corrected chi connectivity index (χ4v) is 2.24. The van der Waals surface area contributed by atoms with Crippen molar-refractivity contribution in [3.63, 3.8) is 0 Å². The van der Waals surface area contributed by atoms with Crippen molar-refractivity contribution in [3.05, 3.63) is 16.5 Å². The van der Waals surface area contributed by atoms with E-state index in [1.54, 1.807) is 0 Å². The van der Waals surface area contributed by atoms with Crippen LogP contribution in [-0.2, 0) is 6.42 Å². The molecule has 4 heteroatoms. The van der Waals surface area contributed by atoms with Gasteiger partial charge in [0, 0.05) is 25.6 Å². The summed E-state index contributed by atoms with van der Waals surface area (Å²) in [5.41, 5.74) is 0. The van der Waals surface area contributed by atoms with Crippen LogP contribution in [0.25, 0.3) is 0 Å². The van der Waals surface area contributed by atoms with E-state index in [0.717, 1.165) is 55.0 Å². The minimum atomic E-state index is 0.892. The van der Waals surface area contributed by atoms with Gasteiger partial charge < -0.3 is 4.90 Å². The predicted octanol–water partition coefficient (Wildman–Crippen LogP) is 3.82. The Morgan fingerprint density at radius 1 is 1.06 bits per heavy atom. The lowest BCUT2D eigenvalue weighted by Crippen LogP contribution is -2.26. The Morgan fingerprint density at radius 3 is 2.24 bits per heavy atom. The number of hydrogen-bond acceptors (Lipinski definition) is 3. The molecular weight excluding hydrogens is 278 g/mol. The number of aromatic nitrogens is 2. The summed E-state index contributed by atoms with van der Waals surface area (Å²) in [4.78, 5) is 11.4. The van der Waals surface area contributed by atoms with Crippen LogP contribution < -0.4 is 4.90 Å². The van der Waals surface area contributed by atoms with E-state index in [-0.39, 0.29) is 0 Å². The van der Waals surface area contributed by atoms with E-state index in [4.69, 9.17) is 0 Å². The van der Waals surface area contributed by atoms with Gasteiger partial charge >= 0.3 is 0 Å². The lowest BCUT2D eigenvalue weighted by atomic mass is 10.3. The quantitative estimate of drug-likeness (QED) is 0.717. The van der Waals surface area contributed by atoms with Gasteiger partial charge in [-0.15, -0.1) is 0 Å². The first-order valence-electron chi connectivity index (χ1n) is 6.49. The van der Waals surface area contributed by atoms with E-state index in [2.05, 4.69) is 51.6 Å². The van der Waals surface area contributed by atoms with Gasteiger partial charge in [0.25, 0.3) is 0 Å². The highest BCUT2D eigenvalue weighted by molar-refractivity contribution is 9.10. The Hall–Kier alpha value is -0.640. The third-order valence-electron chi connectivity index (χ3n) is 2.51. The smallest absolute Gasteiger partial charge is 0.133 e. The molecule has 1 rings (SSSR count). The van der Waals surface area contributed by atoms with Crippen molar-refractivity contribution in [2.45, 2.75) is 46.5 Å². The van der Waals surface area contributed by atoms with Gasteiger partial charge in [-0.3, -0.25) is 0 Å². The average Bonchev–Trinajstić information content (AvgIpc) is 2.28. The average molecular weight is 300 g/mol. The molecule has 0 N–H and O–H groups in total. The molecule has 0 atom stereocenters. The van der Waals surface area contributed by atoms with Gasteiger partial charge in [-0.2, -0.15) is 0 Å². The van der Waals surface area contributed by atoms with Crippen LogP contribution >= 0.6 is 15.9 Å². The van der Waals surface area contributed by atoms with Gasteiger partial charge in [0.05, 0.1) is 0 Å². The number of nitrogens with zero attached hydrogens (tertiary/aromatic N) is 3. The maximum Gasteiger partial charge on any atom is 0.133 e. The molecule has 96 valence electrons. The fourth-order valence-electron chi connectivity index (χ4n) is 1.83. The molecule has 1 aromatic rings. The third-order valence-corrected chi connectivity index (χ3v) is 2.92. The first-order valence-corrected chi connectivity index (χ1v) is 7.28. The second-order valence-electron chi connectivity index (χ2n) is 4.20. The topological polar surface area (TPSA) is 29.0 Å². The maximum atomic E-state index is 4.65. The predicted molar refractivity (Wildman–Crippen MR) is 76.5 cm³/mol. The van der Waals surface area contributed by atoms with E-state index in [9.17, 15) is 0 Å². The Kier molecular flexibility index (Phi) is 6.48. The molecule has 17 heavy (non-hydrogen) atoms. The lowest BCUT2D eigenvalue weighted by molar-refractivity contribution is 0.722. The van der Waals surface area contributed by atoms with Crippen molar-refractivity contribution in [1.82, 2.24) is 9.97 Å². The van der Waals surface area contributed by atoms with Crippen LogP contribution in [0.15, 0.2) is 10.7 Å². The van der Waals surface area contributed by atoms with E-state index >= 15 is 0 Å². The van der Waals surface area contributed by atoms with Crippen LogP contribution in [0.1, 0.15) is 45.9 Å². The fraction of sp³-hybridized carbons (Fsp3) is 0.692. The van der Waals surface area contributed by atoms with Crippen molar-refractivity contribution in [2.75, 3.05) is 18.0 Å². The Balaban J connectivity index is 2.92. The molecule has 0 aliphatic carbocycles. The zero-order chi connectivity index (χ0) is 12.7. The standard InChI is InChI=1S/C13H22BrN3/c1-4-7-12-15-11(14)10-13(16-12)17(8-5-2)9-6-3/h10H,4-9H2,1-3H3. The second-order valence-corrected chi connectivity index (χ2v) is 5.01. The first-order chi connectivity index (χ1) is 8.21. The van der Waals surface area contributed by atoms with E-state index < -0.39 is 0 Å². The zero-order valence-electron chi connectivity index (χ0n) is 11.0. The minimum absolute atomic E-state index is 0.892. The molecule has 0 spiro atoms. The summed E-state index contributed by atoms with van der Waals surface area (Å²) in [6.07, 6.45) is 4.31. The summed E-state index contributed by atoms with van der Waals surface area (Å²) in [5, 5.41) is 0. The van der Waals surface area contributed by atoms with Gasteiger partial charge in [-0.25, -0.2) is 9.97 Å². The molecule has 0 saturated carbocycles. The van der Waals surface area contributed by atoms with Crippen molar-refractivity contribution < 1.29 is 0 Å². The van der Waals surface area contributed by atoms with E-state index in [0.29, 0.717) is 0 Å². The van der Waals surface area contributed by atoms with Crippen molar-refractivity contribution >= 4 is 21.7 Å². The van der Waals surface area contributed by atoms with Crippen LogP contribution in [0.2, 0.25) is 0 Å². The van der Waals surface area contributed by atoms with Gasteiger partial charge in [0.1, 0.15) is 16.2 Å². The molecule has 0 unspecified atom stereocenters. The molecule has 1 aromatic heterocycles. The number of rotatable bonds is 7. The van der Waals surface area contributed by atoms with E-state index in [1.165, 1.54) is 0 Å². The number of anilines is 1. The highest BCUT2D eigenvalue weighted by Gasteiger charge is 2.09. The number of halogens is 1. The van der Waals surface area contributed by atoms with Crippen LogP contribution in [0.5, 0.6) is 0 Å².